The minimum Gasteiger partial charge on any atom is -0.329 e. The van der Waals surface area contributed by atoms with E-state index in [0.717, 1.165) is 18.5 Å². The molecule has 2 rings (SSSR count). The quantitative estimate of drug-likeness (QED) is 0.806. The maximum Gasteiger partial charge on any atom is 0.0425 e. The van der Waals surface area contributed by atoms with Crippen molar-refractivity contribution in [2.75, 3.05) is 24.6 Å². The summed E-state index contributed by atoms with van der Waals surface area (Å²) >= 11 is 2.10. The fourth-order valence-electron chi connectivity index (χ4n) is 3.45. The van der Waals surface area contributed by atoms with E-state index >= 15 is 0 Å². The maximum atomic E-state index is 6.11. The third kappa shape index (κ3) is 2.41. The van der Waals surface area contributed by atoms with Crippen LogP contribution in [0.5, 0.6) is 0 Å². The first-order valence-electron chi connectivity index (χ1n) is 6.72. The van der Waals surface area contributed by atoms with Crippen LogP contribution in [-0.2, 0) is 0 Å². The standard InChI is InChI=1S/C13H26N2S/c1-11-4-6-15(12(2)8-11)13(9-14)5-3-7-16-10-13/h11-12H,3-10,14H2,1-2H3. The zero-order valence-electron chi connectivity index (χ0n) is 10.7. The van der Waals surface area contributed by atoms with Gasteiger partial charge in [-0.1, -0.05) is 6.92 Å². The monoisotopic (exact) mass is 242 g/mol. The number of hydrogen-bond acceptors (Lipinski definition) is 3. The van der Waals surface area contributed by atoms with Gasteiger partial charge in [0.15, 0.2) is 0 Å². The van der Waals surface area contributed by atoms with Crippen LogP contribution in [0.15, 0.2) is 0 Å². The summed E-state index contributed by atoms with van der Waals surface area (Å²) in [6, 6.07) is 0.728. The summed E-state index contributed by atoms with van der Waals surface area (Å²) in [5, 5.41) is 0. The van der Waals surface area contributed by atoms with Crippen molar-refractivity contribution in [2.45, 2.75) is 51.1 Å². The lowest BCUT2D eigenvalue weighted by molar-refractivity contribution is 0.0215. The summed E-state index contributed by atoms with van der Waals surface area (Å²) in [5.74, 6) is 3.49. The molecule has 0 radical (unpaired) electrons. The van der Waals surface area contributed by atoms with Crippen LogP contribution in [0.25, 0.3) is 0 Å². The molecule has 2 aliphatic heterocycles. The van der Waals surface area contributed by atoms with Gasteiger partial charge in [-0.15, -0.1) is 0 Å². The van der Waals surface area contributed by atoms with E-state index in [4.69, 9.17) is 5.73 Å². The molecule has 0 bridgehead atoms. The first kappa shape index (κ1) is 12.7. The Morgan fingerprint density at radius 2 is 2.25 bits per heavy atom. The van der Waals surface area contributed by atoms with Gasteiger partial charge >= 0.3 is 0 Å². The second-order valence-corrected chi connectivity index (χ2v) is 6.86. The molecule has 0 amide bonds. The van der Waals surface area contributed by atoms with Crippen molar-refractivity contribution in [1.82, 2.24) is 4.90 Å². The van der Waals surface area contributed by atoms with E-state index in [1.165, 1.54) is 43.7 Å². The van der Waals surface area contributed by atoms with Gasteiger partial charge in [0.2, 0.25) is 0 Å². The zero-order chi connectivity index (χ0) is 11.6. The van der Waals surface area contributed by atoms with Crippen LogP contribution < -0.4 is 5.73 Å². The number of likely N-dealkylation sites (tertiary alicyclic amines) is 1. The van der Waals surface area contributed by atoms with Crippen molar-refractivity contribution in [2.24, 2.45) is 11.7 Å². The van der Waals surface area contributed by atoms with Gasteiger partial charge in [-0.05, 0) is 50.8 Å². The summed E-state index contributed by atoms with van der Waals surface area (Å²) in [6.07, 6.45) is 5.37. The predicted molar refractivity (Wildman–Crippen MR) is 72.9 cm³/mol. The first-order valence-corrected chi connectivity index (χ1v) is 7.88. The van der Waals surface area contributed by atoms with E-state index in [9.17, 15) is 0 Å². The average Bonchev–Trinajstić information content (AvgIpc) is 2.30. The Labute approximate surface area is 104 Å². The summed E-state index contributed by atoms with van der Waals surface area (Å²) in [4.78, 5) is 2.74. The molecule has 0 aromatic rings. The number of nitrogens with two attached hydrogens (primary N) is 1. The Hall–Kier alpha value is 0.270. The van der Waals surface area contributed by atoms with Crippen LogP contribution in [0.4, 0.5) is 0 Å². The van der Waals surface area contributed by atoms with E-state index in [-0.39, 0.29) is 0 Å². The number of rotatable bonds is 2. The molecule has 0 aromatic heterocycles. The molecule has 3 atom stereocenters. The van der Waals surface area contributed by atoms with Crippen LogP contribution in [0.3, 0.4) is 0 Å². The van der Waals surface area contributed by atoms with E-state index in [1.807, 2.05) is 0 Å². The topological polar surface area (TPSA) is 29.3 Å². The molecular formula is C13H26N2S. The van der Waals surface area contributed by atoms with Crippen molar-refractivity contribution in [3.8, 4) is 0 Å². The molecule has 2 nitrogen and oxygen atoms in total. The zero-order valence-corrected chi connectivity index (χ0v) is 11.6. The number of thioether (sulfide) groups is 1. The molecule has 0 aromatic carbocycles. The molecule has 0 spiro atoms. The van der Waals surface area contributed by atoms with Crippen molar-refractivity contribution in [1.29, 1.82) is 0 Å². The van der Waals surface area contributed by atoms with Crippen LogP contribution in [-0.4, -0.2) is 41.1 Å². The highest BCUT2D eigenvalue weighted by atomic mass is 32.2. The van der Waals surface area contributed by atoms with E-state index in [2.05, 4.69) is 30.5 Å². The van der Waals surface area contributed by atoms with Crippen molar-refractivity contribution in [3.05, 3.63) is 0 Å². The predicted octanol–water partition coefficient (Wildman–Crippen LogP) is 2.33. The fraction of sp³-hybridized carbons (Fsp3) is 1.00. The Morgan fingerprint density at radius 1 is 1.44 bits per heavy atom. The fourth-order valence-corrected chi connectivity index (χ4v) is 4.76. The lowest BCUT2D eigenvalue weighted by Crippen LogP contribution is -2.61. The van der Waals surface area contributed by atoms with Crippen LogP contribution >= 0.6 is 11.8 Å². The average molecular weight is 242 g/mol. The molecule has 2 heterocycles. The van der Waals surface area contributed by atoms with E-state index in [1.54, 1.807) is 0 Å². The van der Waals surface area contributed by atoms with Gasteiger partial charge in [0.1, 0.15) is 0 Å². The summed E-state index contributed by atoms with van der Waals surface area (Å²) < 4.78 is 0. The van der Waals surface area contributed by atoms with Crippen LogP contribution in [0, 0.1) is 5.92 Å². The second kappa shape index (κ2) is 5.28. The molecule has 3 heteroatoms. The van der Waals surface area contributed by atoms with Crippen LogP contribution in [0.1, 0.15) is 39.5 Å². The highest BCUT2D eigenvalue weighted by Gasteiger charge is 2.41. The number of hydrogen-bond donors (Lipinski definition) is 1. The second-order valence-electron chi connectivity index (χ2n) is 5.76. The molecule has 2 saturated heterocycles. The van der Waals surface area contributed by atoms with Crippen molar-refractivity contribution < 1.29 is 0 Å². The van der Waals surface area contributed by atoms with Gasteiger partial charge in [0.25, 0.3) is 0 Å². The smallest absolute Gasteiger partial charge is 0.0425 e. The van der Waals surface area contributed by atoms with Gasteiger partial charge in [-0.25, -0.2) is 0 Å². The van der Waals surface area contributed by atoms with Gasteiger partial charge < -0.3 is 5.73 Å². The van der Waals surface area contributed by atoms with Crippen LogP contribution in [0.2, 0.25) is 0 Å². The third-order valence-corrected chi connectivity index (χ3v) is 5.75. The molecule has 16 heavy (non-hydrogen) atoms. The third-order valence-electron chi connectivity index (χ3n) is 4.43. The molecule has 0 aliphatic carbocycles. The van der Waals surface area contributed by atoms with Gasteiger partial charge in [-0.2, -0.15) is 11.8 Å². The molecule has 0 saturated carbocycles. The molecule has 3 unspecified atom stereocenters. The van der Waals surface area contributed by atoms with Crippen molar-refractivity contribution >= 4 is 11.8 Å². The summed E-state index contributed by atoms with van der Waals surface area (Å²) in [7, 11) is 0. The lowest BCUT2D eigenvalue weighted by atomic mass is 9.85. The number of nitrogens with zero attached hydrogens (tertiary/aromatic N) is 1. The minimum atomic E-state index is 0.322. The molecular weight excluding hydrogens is 216 g/mol. The Balaban J connectivity index is 2.07. The SMILES string of the molecule is CC1CCN(C2(CN)CCCSC2)C(C)C1. The largest absolute Gasteiger partial charge is 0.329 e. The highest BCUT2D eigenvalue weighted by Crippen LogP contribution is 2.36. The molecule has 2 N–H and O–H groups in total. The molecule has 2 fully saturated rings. The number of piperidine rings is 1. The minimum absolute atomic E-state index is 0.322. The van der Waals surface area contributed by atoms with Gasteiger partial charge in [0, 0.05) is 23.9 Å². The van der Waals surface area contributed by atoms with Gasteiger partial charge in [-0.3, -0.25) is 4.90 Å². The Bertz CT molecular complexity index is 226. The summed E-state index contributed by atoms with van der Waals surface area (Å²) in [6.45, 7) is 6.89. The summed E-state index contributed by atoms with van der Waals surface area (Å²) in [5.41, 5.74) is 6.43. The normalized spacial score (nSPS) is 42.2. The lowest BCUT2D eigenvalue weighted by Gasteiger charge is -2.51. The van der Waals surface area contributed by atoms with E-state index < -0.39 is 0 Å². The maximum absolute atomic E-state index is 6.11. The first-order chi connectivity index (χ1) is 7.68. The van der Waals surface area contributed by atoms with Crippen molar-refractivity contribution in [3.63, 3.8) is 0 Å². The highest BCUT2D eigenvalue weighted by molar-refractivity contribution is 7.99. The Kier molecular flexibility index (Phi) is 4.20. The Morgan fingerprint density at radius 3 is 2.81 bits per heavy atom. The molecule has 2 aliphatic rings. The molecule has 94 valence electrons. The van der Waals surface area contributed by atoms with E-state index in [0.29, 0.717) is 5.54 Å². The van der Waals surface area contributed by atoms with Gasteiger partial charge in [0.05, 0.1) is 0 Å².